The number of rotatable bonds is 2. The maximum atomic E-state index is 12.9. The van der Waals surface area contributed by atoms with Crippen molar-refractivity contribution >= 4 is 21.6 Å². The van der Waals surface area contributed by atoms with E-state index in [4.69, 9.17) is 11.6 Å². The summed E-state index contributed by atoms with van der Waals surface area (Å²) in [6.07, 6.45) is 1.18. The Morgan fingerprint density at radius 2 is 2.18 bits per heavy atom. The molecular formula is C15H21ClN2O3S. The van der Waals surface area contributed by atoms with Gasteiger partial charge in [-0.15, -0.1) is 0 Å². The summed E-state index contributed by atoms with van der Waals surface area (Å²) < 4.78 is 27.3. The Kier molecular flexibility index (Phi) is 4.24. The summed E-state index contributed by atoms with van der Waals surface area (Å²) in [5, 5.41) is 14.4. The number of sulfonamides is 1. The zero-order chi connectivity index (χ0) is 16.0. The van der Waals surface area contributed by atoms with Gasteiger partial charge >= 0.3 is 0 Å². The third kappa shape index (κ3) is 2.78. The molecule has 22 heavy (non-hydrogen) atoms. The molecule has 2 N–H and O–H groups in total. The first-order valence-corrected chi connectivity index (χ1v) is 9.34. The highest BCUT2D eigenvalue weighted by atomic mass is 35.5. The molecular weight excluding hydrogens is 324 g/mol. The van der Waals surface area contributed by atoms with Gasteiger partial charge in [0.2, 0.25) is 10.0 Å². The predicted molar refractivity (Wildman–Crippen MR) is 85.5 cm³/mol. The van der Waals surface area contributed by atoms with Crippen LogP contribution in [0.25, 0.3) is 0 Å². The molecule has 0 bridgehead atoms. The van der Waals surface area contributed by atoms with Crippen molar-refractivity contribution in [1.82, 2.24) is 9.62 Å². The summed E-state index contributed by atoms with van der Waals surface area (Å²) in [4.78, 5) is 0.297. The number of benzene rings is 1. The Hall–Kier alpha value is -0.660. The van der Waals surface area contributed by atoms with Crippen molar-refractivity contribution in [2.24, 2.45) is 5.92 Å². The van der Waals surface area contributed by atoms with E-state index in [9.17, 15) is 13.5 Å². The highest BCUT2D eigenvalue weighted by Gasteiger charge is 2.45. The lowest BCUT2D eigenvalue weighted by molar-refractivity contribution is -0.0744. The van der Waals surface area contributed by atoms with Crippen molar-refractivity contribution in [3.8, 4) is 0 Å². The lowest BCUT2D eigenvalue weighted by Gasteiger charge is -2.47. The van der Waals surface area contributed by atoms with Gasteiger partial charge in [-0.05, 0) is 50.1 Å². The van der Waals surface area contributed by atoms with E-state index in [1.165, 1.54) is 4.31 Å². The van der Waals surface area contributed by atoms with Crippen LogP contribution in [0.2, 0.25) is 5.02 Å². The molecule has 2 heterocycles. The minimum atomic E-state index is -3.55. The Morgan fingerprint density at radius 1 is 1.41 bits per heavy atom. The van der Waals surface area contributed by atoms with Crippen LogP contribution in [-0.4, -0.2) is 49.6 Å². The van der Waals surface area contributed by atoms with Crippen molar-refractivity contribution in [3.05, 3.63) is 28.8 Å². The highest BCUT2D eigenvalue weighted by molar-refractivity contribution is 7.89. The molecule has 3 rings (SSSR count). The molecule has 7 heteroatoms. The average molecular weight is 345 g/mol. The SMILES string of the molecule is Cc1cc(Cl)ccc1S(=O)(=O)N1CC[C@@]2(O)CCNC[C@H]2C1. The van der Waals surface area contributed by atoms with Crippen LogP contribution in [-0.2, 0) is 10.0 Å². The van der Waals surface area contributed by atoms with Gasteiger partial charge in [-0.2, -0.15) is 4.31 Å². The van der Waals surface area contributed by atoms with E-state index >= 15 is 0 Å². The Bertz CT molecular complexity index is 679. The molecule has 0 aliphatic carbocycles. The van der Waals surface area contributed by atoms with Gasteiger partial charge in [0.15, 0.2) is 0 Å². The molecule has 1 aromatic carbocycles. The van der Waals surface area contributed by atoms with Crippen LogP contribution in [0.1, 0.15) is 18.4 Å². The maximum absolute atomic E-state index is 12.9. The van der Waals surface area contributed by atoms with Gasteiger partial charge in [0.1, 0.15) is 0 Å². The van der Waals surface area contributed by atoms with Crippen molar-refractivity contribution in [3.63, 3.8) is 0 Å². The summed E-state index contributed by atoms with van der Waals surface area (Å²) >= 11 is 5.91. The Labute approximate surface area is 136 Å². The fourth-order valence-electron chi connectivity index (χ4n) is 3.45. The van der Waals surface area contributed by atoms with E-state index in [1.54, 1.807) is 25.1 Å². The normalized spacial score (nSPS) is 30.0. The number of nitrogens with zero attached hydrogens (tertiary/aromatic N) is 1. The summed E-state index contributed by atoms with van der Waals surface area (Å²) in [5.74, 6) is -0.0580. The average Bonchev–Trinajstić information content (AvgIpc) is 2.45. The van der Waals surface area contributed by atoms with E-state index in [-0.39, 0.29) is 5.92 Å². The van der Waals surface area contributed by atoms with Gasteiger partial charge in [-0.25, -0.2) is 8.42 Å². The van der Waals surface area contributed by atoms with E-state index in [1.807, 2.05) is 0 Å². The number of piperidine rings is 2. The van der Waals surface area contributed by atoms with Crippen LogP contribution in [0.3, 0.4) is 0 Å². The Balaban J connectivity index is 1.87. The molecule has 0 aromatic heterocycles. The molecule has 2 atom stereocenters. The van der Waals surface area contributed by atoms with Crippen LogP contribution < -0.4 is 5.32 Å². The molecule has 2 saturated heterocycles. The molecule has 2 fully saturated rings. The smallest absolute Gasteiger partial charge is 0.243 e. The topological polar surface area (TPSA) is 69.6 Å². The molecule has 122 valence electrons. The zero-order valence-corrected chi connectivity index (χ0v) is 14.1. The lowest BCUT2D eigenvalue weighted by atomic mass is 9.77. The number of nitrogens with one attached hydrogen (secondary N) is 1. The van der Waals surface area contributed by atoms with Crippen LogP contribution in [0.4, 0.5) is 0 Å². The fraction of sp³-hybridized carbons (Fsp3) is 0.600. The van der Waals surface area contributed by atoms with Crippen LogP contribution in [0, 0.1) is 12.8 Å². The third-order valence-electron chi connectivity index (χ3n) is 4.86. The summed E-state index contributed by atoms with van der Waals surface area (Å²) in [5.41, 5.74) is -0.0816. The van der Waals surface area contributed by atoms with E-state index in [0.717, 1.165) is 6.54 Å². The van der Waals surface area contributed by atoms with Crippen molar-refractivity contribution in [2.45, 2.75) is 30.3 Å². The van der Waals surface area contributed by atoms with Crippen LogP contribution >= 0.6 is 11.6 Å². The minimum Gasteiger partial charge on any atom is -0.389 e. The fourth-order valence-corrected chi connectivity index (χ4v) is 5.37. The molecule has 0 spiro atoms. The highest BCUT2D eigenvalue weighted by Crippen LogP contribution is 2.35. The van der Waals surface area contributed by atoms with Gasteiger partial charge in [0, 0.05) is 30.6 Å². The second kappa shape index (κ2) is 5.76. The third-order valence-corrected chi connectivity index (χ3v) is 7.12. The number of halogens is 1. The van der Waals surface area contributed by atoms with Gasteiger partial charge in [-0.3, -0.25) is 0 Å². The monoisotopic (exact) mass is 344 g/mol. The van der Waals surface area contributed by atoms with Crippen molar-refractivity contribution < 1.29 is 13.5 Å². The minimum absolute atomic E-state index is 0.0580. The van der Waals surface area contributed by atoms with E-state index in [2.05, 4.69) is 5.32 Å². The second-order valence-corrected chi connectivity index (χ2v) is 8.62. The van der Waals surface area contributed by atoms with Crippen LogP contribution in [0.5, 0.6) is 0 Å². The lowest BCUT2D eigenvalue weighted by Crippen LogP contribution is -2.59. The maximum Gasteiger partial charge on any atom is 0.243 e. The molecule has 2 aliphatic rings. The largest absolute Gasteiger partial charge is 0.389 e. The van der Waals surface area contributed by atoms with E-state index in [0.29, 0.717) is 48.0 Å². The standard InChI is InChI=1S/C15H21ClN2O3S/c1-11-8-13(16)2-3-14(11)22(20,21)18-7-5-15(19)4-6-17-9-12(15)10-18/h2-3,8,12,17,19H,4-7,9-10H2,1H3/t12-,15-/m0/s1. The first-order chi connectivity index (χ1) is 10.3. The van der Waals surface area contributed by atoms with Gasteiger partial charge in [0.05, 0.1) is 10.5 Å². The van der Waals surface area contributed by atoms with E-state index < -0.39 is 15.6 Å². The van der Waals surface area contributed by atoms with Crippen molar-refractivity contribution in [2.75, 3.05) is 26.2 Å². The summed E-state index contributed by atoms with van der Waals surface area (Å²) in [6, 6.07) is 4.83. The molecule has 2 aliphatic heterocycles. The summed E-state index contributed by atoms with van der Waals surface area (Å²) in [6.45, 7) is 3.91. The number of aliphatic hydroxyl groups is 1. The summed E-state index contributed by atoms with van der Waals surface area (Å²) in [7, 11) is -3.55. The van der Waals surface area contributed by atoms with Gasteiger partial charge in [0.25, 0.3) is 0 Å². The second-order valence-electron chi connectivity index (χ2n) is 6.28. The molecule has 1 aromatic rings. The van der Waals surface area contributed by atoms with Crippen molar-refractivity contribution in [1.29, 1.82) is 0 Å². The van der Waals surface area contributed by atoms with Gasteiger partial charge in [-0.1, -0.05) is 11.6 Å². The predicted octanol–water partition coefficient (Wildman–Crippen LogP) is 1.38. The quantitative estimate of drug-likeness (QED) is 0.850. The molecule has 0 radical (unpaired) electrons. The molecule has 0 unspecified atom stereocenters. The van der Waals surface area contributed by atoms with Crippen LogP contribution in [0.15, 0.2) is 23.1 Å². The first kappa shape index (κ1) is 16.2. The molecule has 5 nitrogen and oxygen atoms in total. The number of aryl methyl sites for hydroxylation is 1. The number of hydrogen-bond donors (Lipinski definition) is 2. The number of fused-ring (bicyclic) bond motifs is 1. The van der Waals surface area contributed by atoms with Gasteiger partial charge < -0.3 is 10.4 Å². The Morgan fingerprint density at radius 3 is 2.91 bits per heavy atom. The molecule has 0 saturated carbocycles. The molecule has 0 amide bonds. The zero-order valence-electron chi connectivity index (χ0n) is 12.5. The number of hydrogen-bond acceptors (Lipinski definition) is 4. The first-order valence-electron chi connectivity index (χ1n) is 7.52.